The lowest BCUT2D eigenvalue weighted by Gasteiger charge is -2.15. The summed E-state index contributed by atoms with van der Waals surface area (Å²) in [7, 11) is 0. The lowest BCUT2D eigenvalue weighted by molar-refractivity contribution is 0.485. The number of benzene rings is 1. The third-order valence-electron chi connectivity index (χ3n) is 4.30. The fourth-order valence-corrected chi connectivity index (χ4v) is 3.38. The van der Waals surface area contributed by atoms with E-state index < -0.39 is 11.6 Å². The Morgan fingerprint density at radius 2 is 1.94 bits per heavy atom. The highest BCUT2D eigenvalue weighted by molar-refractivity contribution is 5.28. The third-order valence-corrected chi connectivity index (χ3v) is 4.30. The molecular weight excluding hydrogens is 208 g/mol. The Labute approximate surface area is 93.6 Å². The quantitative estimate of drug-likeness (QED) is 0.819. The Hall–Kier alpha value is -0.960. The number of nitrogens with two attached hydrogens (primary N) is 1. The SMILES string of the molecule is NC1(Cc2ccc(F)cc2F)C2CCCC21. The highest BCUT2D eigenvalue weighted by Crippen LogP contribution is 2.60. The molecule has 1 aromatic rings. The molecule has 2 unspecified atom stereocenters. The van der Waals surface area contributed by atoms with Gasteiger partial charge in [0.1, 0.15) is 11.6 Å². The molecule has 1 aromatic carbocycles. The smallest absolute Gasteiger partial charge is 0.129 e. The van der Waals surface area contributed by atoms with Crippen molar-refractivity contribution in [2.45, 2.75) is 31.2 Å². The Kier molecular flexibility index (Phi) is 2.08. The molecule has 86 valence electrons. The van der Waals surface area contributed by atoms with Crippen molar-refractivity contribution in [3.63, 3.8) is 0 Å². The van der Waals surface area contributed by atoms with Crippen LogP contribution in [0.25, 0.3) is 0 Å². The van der Waals surface area contributed by atoms with Crippen LogP contribution < -0.4 is 5.73 Å². The fraction of sp³-hybridized carbons (Fsp3) is 0.538. The molecule has 0 saturated heterocycles. The van der Waals surface area contributed by atoms with Crippen LogP contribution in [0.4, 0.5) is 8.78 Å². The number of hydrogen-bond donors (Lipinski definition) is 1. The van der Waals surface area contributed by atoms with E-state index in [1.807, 2.05) is 0 Å². The van der Waals surface area contributed by atoms with Crippen molar-refractivity contribution in [1.29, 1.82) is 0 Å². The van der Waals surface area contributed by atoms with Crippen molar-refractivity contribution in [3.8, 4) is 0 Å². The summed E-state index contributed by atoms with van der Waals surface area (Å²) in [6.45, 7) is 0. The van der Waals surface area contributed by atoms with Crippen LogP contribution in [-0.4, -0.2) is 5.54 Å². The van der Waals surface area contributed by atoms with Crippen LogP contribution in [0.15, 0.2) is 18.2 Å². The van der Waals surface area contributed by atoms with Gasteiger partial charge in [0.2, 0.25) is 0 Å². The first kappa shape index (κ1) is 10.2. The van der Waals surface area contributed by atoms with Crippen molar-refractivity contribution in [2.24, 2.45) is 17.6 Å². The number of halogens is 2. The first-order chi connectivity index (χ1) is 7.61. The van der Waals surface area contributed by atoms with Crippen LogP contribution in [0.1, 0.15) is 24.8 Å². The van der Waals surface area contributed by atoms with E-state index in [1.54, 1.807) is 0 Å². The molecule has 2 N–H and O–H groups in total. The average molecular weight is 223 g/mol. The average Bonchev–Trinajstić information content (AvgIpc) is 2.67. The van der Waals surface area contributed by atoms with E-state index in [-0.39, 0.29) is 5.54 Å². The standard InChI is InChI=1S/C13H15F2N/c14-9-5-4-8(12(15)6-9)7-13(16)10-2-1-3-11(10)13/h4-6,10-11H,1-3,7,16H2. The van der Waals surface area contributed by atoms with Crippen molar-refractivity contribution in [2.75, 3.05) is 0 Å². The molecule has 3 heteroatoms. The molecule has 0 amide bonds. The van der Waals surface area contributed by atoms with Crippen molar-refractivity contribution in [1.82, 2.24) is 0 Å². The van der Waals surface area contributed by atoms with Gasteiger partial charge < -0.3 is 5.73 Å². The van der Waals surface area contributed by atoms with Crippen molar-refractivity contribution < 1.29 is 8.78 Å². The summed E-state index contributed by atoms with van der Waals surface area (Å²) in [6, 6.07) is 3.77. The predicted molar refractivity (Wildman–Crippen MR) is 57.8 cm³/mol. The molecule has 1 nitrogen and oxygen atoms in total. The Morgan fingerprint density at radius 3 is 2.56 bits per heavy atom. The molecule has 0 spiro atoms. The van der Waals surface area contributed by atoms with Gasteiger partial charge in [0.15, 0.2) is 0 Å². The molecule has 2 aliphatic carbocycles. The van der Waals surface area contributed by atoms with Crippen LogP contribution in [0, 0.1) is 23.5 Å². The van der Waals surface area contributed by atoms with Crippen LogP contribution in [-0.2, 0) is 6.42 Å². The van der Waals surface area contributed by atoms with Gasteiger partial charge in [-0.2, -0.15) is 0 Å². The van der Waals surface area contributed by atoms with Gasteiger partial charge in [0.25, 0.3) is 0 Å². The fourth-order valence-electron chi connectivity index (χ4n) is 3.38. The third kappa shape index (κ3) is 1.38. The highest BCUT2D eigenvalue weighted by Gasteiger charge is 2.63. The highest BCUT2D eigenvalue weighted by atomic mass is 19.1. The maximum Gasteiger partial charge on any atom is 0.129 e. The molecule has 0 aromatic heterocycles. The molecule has 2 saturated carbocycles. The molecule has 2 fully saturated rings. The summed E-state index contributed by atoms with van der Waals surface area (Å²) in [5.74, 6) is 0.145. The first-order valence-electron chi connectivity index (χ1n) is 5.84. The minimum Gasteiger partial charge on any atom is -0.324 e. The molecule has 2 atom stereocenters. The van der Waals surface area contributed by atoms with Gasteiger partial charge >= 0.3 is 0 Å². The second kappa shape index (κ2) is 3.27. The van der Waals surface area contributed by atoms with Gasteiger partial charge in [-0.3, -0.25) is 0 Å². The van der Waals surface area contributed by atoms with E-state index in [0.717, 1.165) is 6.07 Å². The molecule has 0 aliphatic heterocycles. The molecule has 0 bridgehead atoms. The second-order valence-electron chi connectivity index (χ2n) is 5.17. The topological polar surface area (TPSA) is 26.0 Å². The van der Waals surface area contributed by atoms with Gasteiger partial charge in [-0.15, -0.1) is 0 Å². The van der Waals surface area contributed by atoms with Crippen LogP contribution in [0.2, 0.25) is 0 Å². The normalized spacial score (nSPS) is 36.2. The minimum absolute atomic E-state index is 0.211. The zero-order valence-corrected chi connectivity index (χ0v) is 9.05. The summed E-state index contributed by atoms with van der Waals surface area (Å²) in [4.78, 5) is 0. The molecule has 16 heavy (non-hydrogen) atoms. The van der Waals surface area contributed by atoms with E-state index in [1.165, 1.54) is 31.4 Å². The zero-order valence-electron chi connectivity index (χ0n) is 9.05. The van der Waals surface area contributed by atoms with Crippen LogP contribution >= 0.6 is 0 Å². The maximum absolute atomic E-state index is 13.5. The molecule has 0 radical (unpaired) electrons. The Morgan fingerprint density at radius 1 is 1.25 bits per heavy atom. The van der Waals surface area contributed by atoms with Gasteiger partial charge in [0, 0.05) is 11.6 Å². The van der Waals surface area contributed by atoms with Crippen molar-refractivity contribution >= 4 is 0 Å². The lowest BCUT2D eigenvalue weighted by atomic mass is 9.97. The van der Waals surface area contributed by atoms with E-state index in [2.05, 4.69) is 0 Å². The van der Waals surface area contributed by atoms with Crippen LogP contribution in [0.3, 0.4) is 0 Å². The summed E-state index contributed by atoms with van der Waals surface area (Å²) < 4.78 is 26.2. The van der Waals surface area contributed by atoms with Gasteiger partial charge in [-0.05, 0) is 42.7 Å². The molecule has 0 heterocycles. The Bertz CT molecular complexity index is 420. The largest absolute Gasteiger partial charge is 0.324 e. The maximum atomic E-state index is 13.5. The first-order valence-corrected chi connectivity index (χ1v) is 5.84. The predicted octanol–water partition coefficient (Wildman–Crippen LogP) is 2.63. The van der Waals surface area contributed by atoms with Gasteiger partial charge in [-0.25, -0.2) is 8.78 Å². The molecule has 3 rings (SSSR count). The Balaban J connectivity index is 1.80. The second-order valence-corrected chi connectivity index (χ2v) is 5.17. The van der Waals surface area contributed by atoms with Gasteiger partial charge in [-0.1, -0.05) is 12.5 Å². The summed E-state index contributed by atoms with van der Waals surface area (Å²) >= 11 is 0. The van der Waals surface area contributed by atoms with E-state index in [4.69, 9.17) is 5.73 Å². The van der Waals surface area contributed by atoms with Crippen molar-refractivity contribution in [3.05, 3.63) is 35.4 Å². The van der Waals surface area contributed by atoms with E-state index >= 15 is 0 Å². The monoisotopic (exact) mass is 223 g/mol. The minimum atomic E-state index is -0.525. The van der Waals surface area contributed by atoms with E-state index in [9.17, 15) is 8.78 Å². The van der Waals surface area contributed by atoms with Crippen LogP contribution in [0.5, 0.6) is 0 Å². The number of hydrogen-bond acceptors (Lipinski definition) is 1. The summed E-state index contributed by atoms with van der Waals surface area (Å²) in [5, 5.41) is 0. The van der Waals surface area contributed by atoms with Gasteiger partial charge in [0.05, 0.1) is 0 Å². The molecular formula is C13H15F2N. The summed E-state index contributed by atoms with van der Waals surface area (Å²) in [5.41, 5.74) is 6.62. The van der Waals surface area contributed by atoms with E-state index in [0.29, 0.717) is 23.8 Å². The number of fused-ring (bicyclic) bond motifs is 1. The lowest BCUT2D eigenvalue weighted by Crippen LogP contribution is -2.31. The number of rotatable bonds is 2. The zero-order chi connectivity index (χ0) is 11.3. The summed E-state index contributed by atoms with van der Waals surface area (Å²) in [6.07, 6.45) is 4.14. The molecule has 2 aliphatic rings.